The summed E-state index contributed by atoms with van der Waals surface area (Å²) >= 11 is 2.98. The van der Waals surface area contributed by atoms with E-state index >= 15 is 0 Å². The number of amides is 1. The Morgan fingerprint density at radius 2 is 2.10 bits per heavy atom. The summed E-state index contributed by atoms with van der Waals surface area (Å²) in [5, 5.41) is 12.3. The lowest BCUT2D eigenvalue weighted by molar-refractivity contribution is -0.116. The van der Waals surface area contributed by atoms with E-state index < -0.39 is 0 Å². The molecule has 0 spiro atoms. The maximum absolute atomic E-state index is 13.1. The van der Waals surface area contributed by atoms with Crippen molar-refractivity contribution in [2.24, 2.45) is 0 Å². The van der Waals surface area contributed by atoms with E-state index in [4.69, 9.17) is 5.26 Å². The normalized spacial score (nSPS) is 13.5. The van der Waals surface area contributed by atoms with Crippen LogP contribution in [0.2, 0.25) is 0 Å². The molecule has 3 aromatic rings. The average molecular weight is 425 g/mol. The van der Waals surface area contributed by atoms with Crippen molar-refractivity contribution in [2.75, 3.05) is 11.1 Å². The van der Waals surface area contributed by atoms with E-state index in [1.165, 1.54) is 34.0 Å². The van der Waals surface area contributed by atoms with Gasteiger partial charge in [0.2, 0.25) is 5.91 Å². The lowest BCUT2D eigenvalue weighted by atomic mass is 10.1. The van der Waals surface area contributed by atoms with E-state index in [1.54, 1.807) is 17.4 Å². The summed E-state index contributed by atoms with van der Waals surface area (Å²) in [6.07, 6.45) is 6.81. The van der Waals surface area contributed by atoms with Crippen LogP contribution in [0.15, 0.2) is 40.3 Å². The second-order valence-corrected chi connectivity index (χ2v) is 9.01. The minimum atomic E-state index is -0.292. The molecule has 0 saturated heterocycles. The van der Waals surface area contributed by atoms with Gasteiger partial charge in [0.25, 0.3) is 5.56 Å². The van der Waals surface area contributed by atoms with E-state index in [0.717, 1.165) is 41.0 Å². The average Bonchev–Trinajstić information content (AvgIpc) is 2.91. The number of benzene rings is 1. The molecule has 0 fully saturated rings. The fourth-order valence-electron chi connectivity index (χ4n) is 3.62. The molecule has 29 heavy (non-hydrogen) atoms. The summed E-state index contributed by atoms with van der Waals surface area (Å²) in [4.78, 5) is 33.0. The molecule has 0 unspecified atom stereocenters. The molecule has 4 rings (SSSR count). The van der Waals surface area contributed by atoms with Crippen molar-refractivity contribution in [1.82, 2.24) is 9.55 Å². The van der Waals surface area contributed by atoms with Gasteiger partial charge in [-0.2, -0.15) is 5.26 Å². The van der Waals surface area contributed by atoms with E-state index in [1.807, 2.05) is 18.2 Å². The Morgan fingerprint density at radius 3 is 2.97 bits per heavy atom. The molecule has 6 nitrogen and oxygen atoms in total. The summed E-state index contributed by atoms with van der Waals surface area (Å²) in [5.41, 5.74) is 1.63. The van der Waals surface area contributed by atoms with Crippen LogP contribution in [0.25, 0.3) is 10.2 Å². The maximum atomic E-state index is 13.1. The Kier molecular flexibility index (Phi) is 5.97. The van der Waals surface area contributed by atoms with Crippen molar-refractivity contribution < 1.29 is 4.79 Å². The molecule has 1 aliphatic rings. The fraction of sp³-hybridized carbons (Fsp3) is 0.333. The highest BCUT2D eigenvalue weighted by Gasteiger charge is 2.19. The lowest BCUT2D eigenvalue weighted by Crippen LogP contribution is -2.28. The van der Waals surface area contributed by atoms with Crippen molar-refractivity contribution >= 4 is 44.9 Å². The third-order valence-electron chi connectivity index (χ3n) is 4.96. The first-order valence-electron chi connectivity index (χ1n) is 9.55. The third kappa shape index (κ3) is 4.21. The number of hydrogen-bond acceptors (Lipinski definition) is 6. The van der Waals surface area contributed by atoms with Crippen molar-refractivity contribution in [3.63, 3.8) is 0 Å². The van der Waals surface area contributed by atoms with Gasteiger partial charge in [-0.25, -0.2) is 4.98 Å². The molecule has 0 atom stereocenters. The maximum Gasteiger partial charge on any atom is 0.262 e. The molecule has 1 N–H and O–H groups in total. The Bertz CT molecular complexity index is 1160. The number of nitriles is 1. The molecule has 0 radical (unpaired) electrons. The van der Waals surface area contributed by atoms with Gasteiger partial charge in [-0.05, 0) is 43.4 Å². The molecule has 8 heteroatoms. The first kappa shape index (κ1) is 19.7. The Morgan fingerprint density at radius 1 is 1.28 bits per heavy atom. The summed E-state index contributed by atoms with van der Waals surface area (Å²) < 4.78 is 1.39. The second kappa shape index (κ2) is 8.80. The third-order valence-corrected chi connectivity index (χ3v) is 7.10. The predicted molar refractivity (Wildman–Crippen MR) is 117 cm³/mol. The Labute approximate surface area is 176 Å². The molecule has 0 aliphatic heterocycles. The molecular weight excluding hydrogens is 404 g/mol. The minimum Gasteiger partial charge on any atom is -0.324 e. The van der Waals surface area contributed by atoms with Gasteiger partial charge in [-0.1, -0.05) is 18.6 Å². The zero-order valence-corrected chi connectivity index (χ0v) is 17.4. The molecule has 1 aromatic carbocycles. The topological polar surface area (TPSA) is 87.8 Å². The van der Waals surface area contributed by atoms with E-state index in [0.29, 0.717) is 16.8 Å². The van der Waals surface area contributed by atoms with Crippen molar-refractivity contribution in [1.29, 1.82) is 5.26 Å². The van der Waals surface area contributed by atoms with E-state index in [9.17, 15) is 9.59 Å². The number of nitrogens with zero attached hydrogens (tertiary/aromatic N) is 3. The van der Waals surface area contributed by atoms with Gasteiger partial charge in [0, 0.05) is 9.77 Å². The van der Waals surface area contributed by atoms with Gasteiger partial charge in [0.15, 0.2) is 0 Å². The standard InChI is InChI=1S/C21H20N4O2S2/c22-10-11-28-17-9-5-4-7-15(17)24-18(26)12-25-13-23-20-19(21(25)27)14-6-2-1-3-8-16(14)29-20/h4-5,7,9,13H,1-3,6,8,11-12H2,(H,24,26). The van der Waals surface area contributed by atoms with E-state index in [-0.39, 0.29) is 18.0 Å². The van der Waals surface area contributed by atoms with Crippen LogP contribution in [0.5, 0.6) is 0 Å². The van der Waals surface area contributed by atoms with Gasteiger partial charge in [0.05, 0.1) is 29.2 Å². The molecule has 148 valence electrons. The van der Waals surface area contributed by atoms with Crippen LogP contribution in [-0.4, -0.2) is 21.2 Å². The smallest absolute Gasteiger partial charge is 0.262 e. The molecule has 1 amide bonds. The highest BCUT2D eigenvalue weighted by Crippen LogP contribution is 2.32. The number of para-hydroxylation sites is 1. The highest BCUT2D eigenvalue weighted by molar-refractivity contribution is 7.99. The van der Waals surface area contributed by atoms with E-state index in [2.05, 4.69) is 16.4 Å². The molecule has 2 heterocycles. The van der Waals surface area contributed by atoms with Gasteiger partial charge < -0.3 is 5.32 Å². The number of carbonyl (C=O) groups is 1. The number of thioether (sulfide) groups is 1. The van der Waals surface area contributed by atoms with Crippen molar-refractivity contribution in [2.45, 2.75) is 43.5 Å². The fourth-order valence-corrected chi connectivity index (χ4v) is 5.51. The zero-order chi connectivity index (χ0) is 20.2. The minimum absolute atomic E-state index is 0.0936. The first-order chi connectivity index (χ1) is 14.2. The number of aromatic nitrogens is 2. The number of anilines is 1. The number of hydrogen-bond donors (Lipinski definition) is 1. The lowest BCUT2D eigenvalue weighted by Gasteiger charge is -2.11. The zero-order valence-electron chi connectivity index (χ0n) is 15.8. The number of rotatable bonds is 5. The molecule has 2 aromatic heterocycles. The number of fused-ring (bicyclic) bond motifs is 3. The highest BCUT2D eigenvalue weighted by atomic mass is 32.2. The number of carbonyl (C=O) groups excluding carboxylic acids is 1. The van der Waals surface area contributed by atoms with Gasteiger partial charge in [-0.15, -0.1) is 23.1 Å². The monoisotopic (exact) mass is 424 g/mol. The predicted octanol–water partition coefficient (Wildman–Crippen LogP) is 3.98. The summed E-state index contributed by atoms with van der Waals surface area (Å²) in [6.45, 7) is -0.0936. The van der Waals surface area contributed by atoms with Crippen molar-refractivity contribution in [3.05, 3.63) is 51.4 Å². The van der Waals surface area contributed by atoms with Gasteiger partial charge >= 0.3 is 0 Å². The molecule has 1 aliphatic carbocycles. The SMILES string of the molecule is N#CCSc1ccccc1NC(=O)Cn1cnc2sc3c(c2c1=O)CCCCC3. The number of aryl methyl sites for hydroxylation is 2. The molecule has 0 saturated carbocycles. The van der Waals surface area contributed by atoms with Crippen LogP contribution in [0.1, 0.15) is 29.7 Å². The Hall–Kier alpha value is -2.63. The largest absolute Gasteiger partial charge is 0.324 e. The van der Waals surface area contributed by atoms with Gasteiger partial charge in [-0.3, -0.25) is 14.2 Å². The molecular formula is C21H20N4O2S2. The van der Waals surface area contributed by atoms with Crippen LogP contribution in [0, 0.1) is 11.3 Å². The quantitative estimate of drug-likeness (QED) is 0.494. The van der Waals surface area contributed by atoms with Crippen LogP contribution in [0.3, 0.4) is 0 Å². The number of nitrogens with one attached hydrogen (secondary N) is 1. The second-order valence-electron chi connectivity index (χ2n) is 6.91. The van der Waals surface area contributed by atoms with Crippen LogP contribution < -0.4 is 10.9 Å². The Balaban J connectivity index is 1.58. The van der Waals surface area contributed by atoms with Crippen LogP contribution in [-0.2, 0) is 24.2 Å². The number of thiophene rings is 1. The van der Waals surface area contributed by atoms with Crippen molar-refractivity contribution in [3.8, 4) is 6.07 Å². The first-order valence-corrected chi connectivity index (χ1v) is 11.4. The summed E-state index contributed by atoms with van der Waals surface area (Å²) in [6, 6.07) is 9.42. The molecule has 0 bridgehead atoms. The van der Waals surface area contributed by atoms with Crippen LogP contribution >= 0.6 is 23.1 Å². The van der Waals surface area contributed by atoms with Gasteiger partial charge in [0.1, 0.15) is 11.4 Å². The summed E-state index contributed by atoms with van der Waals surface area (Å²) in [7, 11) is 0. The summed E-state index contributed by atoms with van der Waals surface area (Å²) in [5.74, 6) is 0.00972. The van der Waals surface area contributed by atoms with Crippen LogP contribution in [0.4, 0.5) is 5.69 Å².